The highest BCUT2D eigenvalue weighted by Crippen LogP contribution is 2.18. The van der Waals surface area contributed by atoms with E-state index in [1.807, 2.05) is 0 Å². The first-order valence-corrected chi connectivity index (χ1v) is 9.06. The molecule has 0 aliphatic rings. The lowest BCUT2D eigenvalue weighted by molar-refractivity contribution is -0.774. The number of hydrogen-bond donors (Lipinski definition) is 0. The predicted octanol–water partition coefficient (Wildman–Crippen LogP) is 4.86. The average molecular weight is 354 g/mol. The molecule has 0 N–H and O–H groups in total. The second-order valence-electron chi connectivity index (χ2n) is 6.14. The Morgan fingerprint density at radius 3 is 1.80 bits per heavy atom. The maximum Gasteiger partial charge on any atom is 0.512 e. The molecule has 0 saturated carbocycles. The van der Waals surface area contributed by atoms with Gasteiger partial charge in [-0.25, -0.2) is 0 Å². The van der Waals surface area contributed by atoms with Crippen LogP contribution in [0.5, 0.6) is 0 Å². The first-order valence-electron chi connectivity index (χ1n) is 9.06. The van der Waals surface area contributed by atoms with Crippen molar-refractivity contribution < 1.29 is 14.6 Å². The zero-order valence-electron chi connectivity index (χ0n) is 15.1. The zero-order valence-corrected chi connectivity index (χ0v) is 15.1. The summed E-state index contributed by atoms with van der Waals surface area (Å²) in [6.07, 6.45) is 17.5. The lowest BCUT2D eigenvalue weighted by Gasteiger charge is -2.10. The summed E-state index contributed by atoms with van der Waals surface area (Å²) in [5, 5.41) is 21.6. The van der Waals surface area contributed by atoms with Crippen molar-refractivity contribution in [2.24, 2.45) is 0 Å². The van der Waals surface area contributed by atoms with Gasteiger partial charge >= 0.3 is 5.66 Å². The van der Waals surface area contributed by atoms with Crippen LogP contribution >= 0.6 is 0 Å². The van der Waals surface area contributed by atoms with Crippen molar-refractivity contribution in [3.05, 3.63) is 44.5 Å². The molecule has 25 heavy (non-hydrogen) atoms. The van der Waals surface area contributed by atoms with Crippen LogP contribution in [-0.4, -0.2) is 21.8 Å². The van der Waals surface area contributed by atoms with E-state index in [1.165, 1.54) is 19.3 Å². The van der Waals surface area contributed by atoms with E-state index in [-0.39, 0.29) is 12.7 Å². The highest BCUT2D eigenvalue weighted by atomic mass is 16.7. The zero-order chi connectivity index (χ0) is 19.0. The van der Waals surface area contributed by atoms with Crippen molar-refractivity contribution in [1.29, 1.82) is 0 Å². The van der Waals surface area contributed by atoms with Crippen LogP contribution in [0, 0.1) is 20.2 Å². The summed E-state index contributed by atoms with van der Waals surface area (Å²) in [4.78, 5) is 30.1. The molecule has 0 bridgehead atoms. The van der Waals surface area contributed by atoms with Gasteiger partial charge in [0.15, 0.2) is 0 Å². The Hall–Kier alpha value is -2.05. The Balaban J connectivity index is 3.76. The molecule has 0 atom stereocenters. The Morgan fingerprint density at radius 2 is 1.32 bits per heavy atom. The third kappa shape index (κ3) is 9.74. The van der Waals surface area contributed by atoms with Gasteiger partial charge in [-0.05, 0) is 38.5 Å². The van der Waals surface area contributed by atoms with E-state index in [1.54, 1.807) is 0 Å². The van der Waals surface area contributed by atoms with Crippen molar-refractivity contribution in [1.82, 2.24) is 0 Å². The van der Waals surface area contributed by atoms with Crippen LogP contribution < -0.4 is 0 Å². The fourth-order valence-electron chi connectivity index (χ4n) is 2.41. The fraction of sp³-hybridized carbons (Fsp3) is 0.722. The van der Waals surface area contributed by atoms with Gasteiger partial charge in [-0.1, -0.05) is 56.9 Å². The molecule has 7 nitrogen and oxygen atoms in total. The number of unbranched alkanes of at least 4 members (excludes halogenated alkanes) is 7. The summed E-state index contributed by atoms with van der Waals surface area (Å²) < 4.78 is 0. The summed E-state index contributed by atoms with van der Waals surface area (Å²) in [7, 11) is 0. The van der Waals surface area contributed by atoms with Gasteiger partial charge in [0.2, 0.25) is 0 Å². The quantitative estimate of drug-likeness (QED) is 0.0983. The Morgan fingerprint density at radius 1 is 0.800 bits per heavy atom. The largest absolute Gasteiger partial charge is 0.512 e. The molecule has 0 unspecified atom stereocenters. The number of hydrogen-bond acceptors (Lipinski definition) is 5. The number of carbonyl (C=O) groups is 1. The minimum atomic E-state index is -2.68. The summed E-state index contributed by atoms with van der Waals surface area (Å²) in [5.74, 6) is 0. The smallest absolute Gasteiger partial charge is 0.287 e. The van der Waals surface area contributed by atoms with E-state index in [0.717, 1.165) is 32.1 Å². The molecular formula is C18H30N2O5. The summed E-state index contributed by atoms with van der Waals surface area (Å²) in [6, 6.07) is 0. The standard InChI is InChI=1S/C18H30N2O5/c1-2-3-4-5-6-7-8-9-10-11-12-13-14-15-16-18(17-21,19(22)23)20(24)25/h6-7,9-10,17H,2-5,8,11-16H2,1H3. The van der Waals surface area contributed by atoms with E-state index in [9.17, 15) is 25.0 Å². The average Bonchev–Trinajstić information content (AvgIpc) is 2.58. The Bertz CT molecular complexity index is 446. The van der Waals surface area contributed by atoms with Crippen molar-refractivity contribution >= 4 is 6.29 Å². The molecule has 0 radical (unpaired) electrons. The number of rotatable bonds is 16. The van der Waals surface area contributed by atoms with Gasteiger partial charge in [-0.2, -0.15) is 0 Å². The molecule has 7 heteroatoms. The van der Waals surface area contributed by atoms with Gasteiger partial charge in [0.1, 0.15) is 9.85 Å². The van der Waals surface area contributed by atoms with Crippen molar-refractivity contribution in [3.8, 4) is 0 Å². The lowest BCUT2D eigenvalue weighted by Crippen LogP contribution is -2.47. The van der Waals surface area contributed by atoms with E-state index >= 15 is 0 Å². The molecule has 0 aromatic carbocycles. The molecule has 0 aromatic rings. The normalized spacial score (nSPS) is 12.0. The van der Waals surface area contributed by atoms with Gasteiger partial charge in [0.05, 0.1) is 6.42 Å². The summed E-state index contributed by atoms with van der Waals surface area (Å²) >= 11 is 0. The molecule has 0 amide bonds. The highest BCUT2D eigenvalue weighted by molar-refractivity contribution is 5.59. The van der Waals surface area contributed by atoms with Gasteiger partial charge in [0.25, 0.3) is 6.29 Å². The fourth-order valence-corrected chi connectivity index (χ4v) is 2.41. The minimum absolute atomic E-state index is 0.161. The second-order valence-corrected chi connectivity index (χ2v) is 6.14. The van der Waals surface area contributed by atoms with Crippen molar-refractivity contribution in [2.75, 3.05) is 0 Å². The number of nitrogens with zero attached hydrogens (tertiary/aromatic N) is 2. The van der Waals surface area contributed by atoms with E-state index < -0.39 is 15.5 Å². The van der Waals surface area contributed by atoms with Gasteiger partial charge in [-0.15, -0.1) is 0 Å². The molecular weight excluding hydrogens is 324 g/mol. The molecule has 142 valence electrons. The van der Waals surface area contributed by atoms with Gasteiger partial charge < -0.3 is 0 Å². The topological polar surface area (TPSA) is 103 Å². The third-order valence-electron chi connectivity index (χ3n) is 4.07. The van der Waals surface area contributed by atoms with Crippen LogP contribution in [0.15, 0.2) is 24.3 Å². The first kappa shape index (κ1) is 22.9. The maximum atomic E-state index is 10.8. The van der Waals surface area contributed by atoms with Crippen LogP contribution in [0.3, 0.4) is 0 Å². The number of aldehydes is 1. The number of carbonyl (C=O) groups excluding carboxylic acids is 1. The SMILES string of the molecule is CCCCCC=CCC=CCCCCCCC(C=O)([N+](=O)[O-])[N+](=O)[O-]. The van der Waals surface area contributed by atoms with Gasteiger partial charge in [0, 0.05) is 0 Å². The van der Waals surface area contributed by atoms with Crippen LogP contribution in [0.1, 0.15) is 77.6 Å². The summed E-state index contributed by atoms with van der Waals surface area (Å²) in [5.41, 5.74) is -2.68. The second kappa shape index (κ2) is 14.3. The van der Waals surface area contributed by atoms with E-state index in [4.69, 9.17) is 0 Å². The molecule has 0 aliphatic carbocycles. The number of allylic oxidation sites excluding steroid dienone is 4. The van der Waals surface area contributed by atoms with Crippen LogP contribution in [0.2, 0.25) is 0 Å². The molecule has 0 rings (SSSR count). The van der Waals surface area contributed by atoms with E-state index in [2.05, 4.69) is 31.2 Å². The first-order chi connectivity index (χ1) is 12.0. The van der Waals surface area contributed by atoms with Crippen LogP contribution in [0.25, 0.3) is 0 Å². The van der Waals surface area contributed by atoms with Crippen molar-refractivity contribution in [3.63, 3.8) is 0 Å². The molecule has 0 aromatic heterocycles. The monoisotopic (exact) mass is 354 g/mol. The molecule has 0 aliphatic heterocycles. The summed E-state index contributed by atoms with van der Waals surface area (Å²) in [6.45, 7) is 2.19. The third-order valence-corrected chi connectivity index (χ3v) is 4.07. The van der Waals surface area contributed by atoms with Crippen LogP contribution in [0.4, 0.5) is 0 Å². The lowest BCUT2D eigenvalue weighted by atomic mass is 10.0. The van der Waals surface area contributed by atoms with E-state index in [0.29, 0.717) is 12.8 Å². The Kier molecular flexibility index (Phi) is 13.1. The van der Waals surface area contributed by atoms with Crippen LogP contribution in [-0.2, 0) is 4.79 Å². The molecule has 0 spiro atoms. The molecule has 0 fully saturated rings. The number of nitro groups is 2. The van der Waals surface area contributed by atoms with Crippen molar-refractivity contribution in [2.45, 2.75) is 83.2 Å². The highest BCUT2D eigenvalue weighted by Gasteiger charge is 2.55. The Labute approximate surface area is 149 Å². The molecule has 0 saturated heterocycles. The van der Waals surface area contributed by atoms with Gasteiger partial charge in [-0.3, -0.25) is 25.0 Å². The minimum Gasteiger partial charge on any atom is -0.287 e. The maximum absolute atomic E-state index is 10.8. The predicted molar refractivity (Wildman–Crippen MR) is 97.5 cm³/mol. The molecule has 0 heterocycles.